The first-order valence-corrected chi connectivity index (χ1v) is 10.1. The lowest BCUT2D eigenvalue weighted by molar-refractivity contribution is 0.601. The summed E-state index contributed by atoms with van der Waals surface area (Å²) < 4.78 is 27.5. The van der Waals surface area contributed by atoms with Crippen LogP contribution in [0, 0.1) is 20.8 Å². The summed E-state index contributed by atoms with van der Waals surface area (Å²) >= 11 is 0. The zero-order valence-electron chi connectivity index (χ0n) is 15.5. The normalized spacial score (nSPS) is 11.2. The van der Waals surface area contributed by atoms with E-state index in [1.54, 1.807) is 30.3 Å². The molecule has 0 bridgehead atoms. The fraction of sp³-hybridized carbons (Fsp3) is 0.200. The molecule has 27 heavy (non-hydrogen) atoms. The maximum atomic E-state index is 12.5. The van der Waals surface area contributed by atoms with Gasteiger partial charge in [-0.3, -0.25) is 4.72 Å². The summed E-state index contributed by atoms with van der Waals surface area (Å²) in [6, 6.07) is 16.4. The molecule has 0 aliphatic rings. The molecule has 0 fully saturated rings. The Kier molecular flexibility index (Phi) is 5.41. The van der Waals surface area contributed by atoms with E-state index in [4.69, 9.17) is 0 Å². The smallest absolute Gasteiger partial charge is 0.263 e. The van der Waals surface area contributed by atoms with Crippen molar-refractivity contribution in [2.24, 2.45) is 0 Å². The fourth-order valence-electron chi connectivity index (χ4n) is 2.55. The van der Waals surface area contributed by atoms with E-state index in [0.29, 0.717) is 12.4 Å². The molecular formula is C20H22N4O2S. The third-order valence-corrected chi connectivity index (χ3v) is 5.77. The zero-order chi connectivity index (χ0) is 19.4. The largest absolute Gasteiger partial charge is 0.364 e. The lowest BCUT2D eigenvalue weighted by Crippen LogP contribution is -2.15. The minimum absolute atomic E-state index is 0.176. The Labute approximate surface area is 159 Å². The number of aryl methyl sites for hydroxylation is 3. The average molecular weight is 382 g/mol. The van der Waals surface area contributed by atoms with E-state index in [9.17, 15) is 8.42 Å². The first kappa shape index (κ1) is 18.8. The predicted octanol–water partition coefficient (Wildman–Crippen LogP) is 3.81. The summed E-state index contributed by atoms with van der Waals surface area (Å²) in [6.07, 6.45) is 0. The van der Waals surface area contributed by atoms with E-state index in [1.807, 2.05) is 45.0 Å². The summed E-state index contributed by atoms with van der Waals surface area (Å²) in [7, 11) is -3.70. The molecule has 0 atom stereocenters. The van der Waals surface area contributed by atoms with Gasteiger partial charge in [0.05, 0.1) is 4.90 Å². The van der Waals surface area contributed by atoms with Gasteiger partial charge in [0.1, 0.15) is 5.82 Å². The summed E-state index contributed by atoms with van der Waals surface area (Å²) in [4.78, 5) is 0.203. The summed E-state index contributed by atoms with van der Waals surface area (Å²) in [5.41, 5.74) is 4.31. The monoisotopic (exact) mass is 382 g/mol. The molecule has 2 N–H and O–H groups in total. The molecular weight excluding hydrogens is 360 g/mol. The first-order valence-electron chi connectivity index (χ1n) is 8.57. The van der Waals surface area contributed by atoms with Crippen LogP contribution in [0.25, 0.3) is 0 Å². The van der Waals surface area contributed by atoms with Gasteiger partial charge in [-0.15, -0.1) is 10.2 Å². The average Bonchev–Trinajstić information content (AvgIpc) is 2.64. The molecule has 140 valence electrons. The van der Waals surface area contributed by atoms with E-state index in [0.717, 1.165) is 11.1 Å². The van der Waals surface area contributed by atoms with Gasteiger partial charge in [0, 0.05) is 6.54 Å². The molecule has 0 aliphatic carbocycles. The van der Waals surface area contributed by atoms with Gasteiger partial charge in [-0.05, 0) is 67.3 Å². The Hall–Kier alpha value is -2.93. The van der Waals surface area contributed by atoms with E-state index < -0.39 is 10.0 Å². The molecule has 0 amide bonds. The van der Waals surface area contributed by atoms with Crippen LogP contribution in [0.1, 0.15) is 22.3 Å². The number of anilines is 2. The van der Waals surface area contributed by atoms with Crippen LogP contribution in [0.5, 0.6) is 0 Å². The van der Waals surface area contributed by atoms with E-state index >= 15 is 0 Å². The summed E-state index contributed by atoms with van der Waals surface area (Å²) in [5, 5.41) is 11.2. The van der Waals surface area contributed by atoms with Crippen molar-refractivity contribution in [1.29, 1.82) is 0 Å². The van der Waals surface area contributed by atoms with Crippen molar-refractivity contribution >= 4 is 21.7 Å². The van der Waals surface area contributed by atoms with E-state index in [-0.39, 0.29) is 10.7 Å². The highest BCUT2D eigenvalue weighted by Crippen LogP contribution is 2.18. The Morgan fingerprint density at radius 3 is 2.19 bits per heavy atom. The highest BCUT2D eigenvalue weighted by atomic mass is 32.2. The maximum Gasteiger partial charge on any atom is 0.263 e. The number of aromatic nitrogens is 2. The van der Waals surface area contributed by atoms with Gasteiger partial charge in [0.2, 0.25) is 0 Å². The molecule has 0 aliphatic heterocycles. The molecule has 6 nitrogen and oxygen atoms in total. The topological polar surface area (TPSA) is 84.0 Å². The Bertz CT molecular complexity index is 1050. The Morgan fingerprint density at radius 1 is 0.815 bits per heavy atom. The minimum atomic E-state index is -3.70. The molecule has 2 aromatic carbocycles. The van der Waals surface area contributed by atoms with Gasteiger partial charge in [-0.25, -0.2) is 8.42 Å². The maximum absolute atomic E-state index is 12.5. The lowest BCUT2D eigenvalue weighted by atomic mass is 10.1. The van der Waals surface area contributed by atoms with Crippen LogP contribution in [0.15, 0.2) is 59.5 Å². The number of nitrogens with one attached hydrogen (secondary N) is 2. The summed E-state index contributed by atoms with van der Waals surface area (Å²) in [6.45, 7) is 6.48. The van der Waals surface area contributed by atoms with Gasteiger partial charge in [0.15, 0.2) is 5.82 Å². The number of benzene rings is 2. The van der Waals surface area contributed by atoms with Gasteiger partial charge >= 0.3 is 0 Å². The van der Waals surface area contributed by atoms with Crippen molar-refractivity contribution in [1.82, 2.24) is 10.2 Å². The van der Waals surface area contributed by atoms with Gasteiger partial charge in [0.25, 0.3) is 10.0 Å². The Morgan fingerprint density at radius 2 is 1.52 bits per heavy atom. The van der Waals surface area contributed by atoms with Crippen molar-refractivity contribution in [2.75, 3.05) is 10.0 Å². The van der Waals surface area contributed by atoms with Crippen molar-refractivity contribution in [3.8, 4) is 0 Å². The van der Waals surface area contributed by atoms with Crippen molar-refractivity contribution < 1.29 is 8.42 Å². The highest BCUT2D eigenvalue weighted by Gasteiger charge is 2.15. The quantitative estimate of drug-likeness (QED) is 0.677. The van der Waals surface area contributed by atoms with Crippen molar-refractivity contribution in [3.63, 3.8) is 0 Å². The van der Waals surface area contributed by atoms with Gasteiger partial charge < -0.3 is 5.32 Å². The van der Waals surface area contributed by atoms with Gasteiger partial charge in [-0.1, -0.05) is 30.3 Å². The van der Waals surface area contributed by atoms with Crippen LogP contribution in [0.4, 0.5) is 11.6 Å². The predicted molar refractivity (Wildman–Crippen MR) is 107 cm³/mol. The number of sulfonamides is 1. The molecule has 3 rings (SSSR count). The standard InChI is InChI=1S/C20H22N4O2S/c1-14-8-9-18(12-16(14)3)27(25,26)24-20-11-10-19(22-23-20)21-13-17-7-5-4-6-15(17)2/h4-12H,13H2,1-3H3,(H,21,22)(H,23,24). The van der Waals surface area contributed by atoms with Crippen molar-refractivity contribution in [2.45, 2.75) is 32.2 Å². The molecule has 7 heteroatoms. The molecule has 0 unspecified atom stereocenters. The number of hydrogen-bond donors (Lipinski definition) is 2. The van der Waals surface area contributed by atoms with E-state index in [2.05, 4.69) is 20.2 Å². The van der Waals surface area contributed by atoms with E-state index in [1.165, 1.54) is 11.1 Å². The van der Waals surface area contributed by atoms with Crippen LogP contribution in [-0.2, 0) is 16.6 Å². The number of rotatable bonds is 6. The number of hydrogen-bond acceptors (Lipinski definition) is 5. The molecule has 1 heterocycles. The second-order valence-electron chi connectivity index (χ2n) is 6.44. The molecule has 1 aromatic heterocycles. The first-order chi connectivity index (χ1) is 12.8. The molecule has 0 spiro atoms. The zero-order valence-corrected chi connectivity index (χ0v) is 16.3. The minimum Gasteiger partial charge on any atom is -0.364 e. The molecule has 0 saturated heterocycles. The Balaban J connectivity index is 1.68. The molecule has 0 saturated carbocycles. The third-order valence-electron chi connectivity index (χ3n) is 4.41. The second kappa shape index (κ2) is 7.75. The van der Waals surface area contributed by atoms with Crippen LogP contribution in [0.2, 0.25) is 0 Å². The third kappa shape index (κ3) is 4.62. The number of nitrogens with zero attached hydrogens (tertiary/aromatic N) is 2. The van der Waals surface area contributed by atoms with Gasteiger partial charge in [-0.2, -0.15) is 0 Å². The van der Waals surface area contributed by atoms with Crippen LogP contribution in [0.3, 0.4) is 0 Å². The van der Waals surface area contributed by atoms with Crippen LogP contribution < -0.4 is 10.0 Å². The summed E-state index contributed by atoms with van der Waals surface area (Å²) in [5.74, 6) is 0.752. The second-order valence-corrected chi connectivity index (χ2v) is 8.12. The fourth-order valence-corrected chi connectivity index (χ4v) is 3.63. The lowest BCUT2D eigenvalue weighted by Gasteiger charge is -2.10. The van der Waals surface area contributed by atoms with Crippen molar-refractivity contribution in [3.05, 3.63) is 76.9 Å². The SMILES string of the molecule is Cc1ccc(S(=O)(=O)Nc2ccc(NCc3ccccc3C)nn2)cc1C. The molecule has 3 aromatic rings. The van der Waals surface area contributed by atoms with Crippen LogP contribution >= 0.6 is 0 Å². The molecule has 0 radical (unpaired) electrons. The highest BCUT2D eigenvalue weighted by molar-refractivity contribution is 7.92. The van der Waals surface area contributed by atoms with Crippen LogP contribution in [-0.4, -0.2) is 18.6 Å².